The zero-order valence-corrected chi connectivity index (χ0v) is 12.7. The summed E-state index contributed by atoms with van der Waals surface area (Å²) in [6, 6.07) is 6.37. The minimum atomic E-state index is -0.758. The number of nitrogens with zero attached hydrogens (tertiary/aromatic N) is 1. The van der Waals surface area contributed by atoms with Gasteiger partial charge in [-0.3, -0.25) is 9.59 Å². The van der Waals surface area contributed by atoms with E-state index in [1.807, 2.05) is 13.8 Å². The van der Waals surface area contributed by atoms with E-state index in [2.05, 4.69) is 23.5 Å². The Labute approximate surface area is 125 Å². The number of fused-ring (bicyclic) bond motifs is 1. The number of carbonyl (C=O) groups excluding carboxylic acids is 2. The maximum atomic E-state index is 12.6. The number of rotatable bonds is 2. The highest BCUT2D eigenvalue weighted by Crippen LogP contribution is 2.24. The zero-order valence-electron chi connectivity index (χ0n) is 12.7. The zero-order chi connectivity index (χ0) is 15.0. The SMILES string of the molecule is CC1(C)C(=O)NCCN1C(=O)Cc1ccc2c(c1)CCC2. The van der Waals surface area contributed by atoms with Crippen molar-refractivity contribution >= 4 is 11.8 Å². The summed E-state index contributed by atoms with van der Waals surface area (Å²) < 4.78 is 0. The van der Waals surface area contributed by atoms with Crippen LogP contribution in [0.5, 0.6) is 0 Å². The van der Waals surface area contributed by atoms with Crippen molar-refractivity contribution in [1.29, 1.82) is 0 Å². The topological polar surface area (TPSA) is 49.4 Å². The van der Waals surface area contributed by atoms with Crippen LogP contribution >= 0.6 is 0 Å². The number of carbonyl (C=O) groups is 2. The second kappa shape index (κ2) is 5.17. The number of benzene rings is 1. The van der Waals surface area contributed by atoms with Crippen LogP contribution in [0, 0.1) is 0 Å². The summed E-state index contributed by atoms with van der Waals surface area (Å²) in [5.41, 5.74) is 3.11. The highest BCUT2D eigenvalue weighted by Gasteiger charge is 2.40. The first kappa shape index (κ1) is 14.1. The largest absolute Gasteiger partial charge is 0.352 e. The Bertz CT molecular complexity index is 592. The molecule has 0 spiro atoms. The van der Waals surface area contributed by atoms with Gasteiger partial charge in [-0.05, 0) is 49.8 Å². The normalized spacial score (nSPS) is 20.1. The van der Waals surface area contributed by atoms with Crippen molar-refractivity contribution in [3.05, 3.63) is 34.9 Å². The molecule has 0 radical (unpaired) electrons. The molecule has 1 aliphatic carbocycles. The van der Waals surface area contributed by atoms with Gasteiger partial charge in [-0.15, -0.1) is 0 Å². The summed E-state index contributed by atoms with van der Waals surface area (Å²) in [5.74, 6) is -0.0381. The lowest BCUT2D eigenvalue weighted by molar-refractivity contribution is -0.148. The lowest BCUT2D eigenvalue weighted by Gasteiger charge is -2.41. The van der Waals surface area contributed by atoms with Crippen LogP contribution < -0.4 is 5.32 Å². The van der Waals surface area contributed by atoms with Crippen molar-refractivity contribution < 1.29 is 9.59 Å². The van der Waals surface area contributed by atoms with Crippen LogP contribution in [0.2, 0.25) is 0 Å². The summed E-state index contributed by atoms with van der Waals surface area (Å²) in [4.78, 5) is 26.2. The molecule has 4 heteroatoms. The fourth-order valence-electron chi connectivity index (χ4n) is 3.34. The molecule has 21 heavy (non-hydrogen) atoms. The molecule has 0 atom stereocenters. The average Bonchev–Trinajstić information content (AvgIpc) is 2.89. The molecule has 3 rings (SSSR count). The van der Waals surface area contributed by atoms with E-state index in [0.717, 1.165) is 18.4 Å². The summed E-state index contributed by atoms with van der Waals surface area (Å²) in [7, 11) is 0. The highest BCUT2D eigenvalue weighted by molar-refractivity contribution is 5.92. The maximum Gasteiger partial charge on any atom is 0.245 e. The van der Waals surface area contributed by atoms with Crippen molar-refractivity contribution in [1.82, 2.24) is 10.2 Å². The van der Waals surface area contributed by atoms with Crippen LogP contribution in [0.4, 0.5) is 0 Å². The van der Waals surface area contributed by atoms with Crippen molar-refractivity contribution in [2.45, 2.75) is 45.1 Å². The molecule has 0 saturated carbocycles. The van der Waals surface area contributed by atoms with Crippen molar-refractivity contribution in [2.24, 2.45) is 0 Å². The highest BCUT2D eigenvalue weighted by atomic mass is 16.2. The number of piperazine rings is 1. The van der Waals surface area contributed by atoms with Crippen molar-refractivity contribution in [3.8, 4) is 0 Å². The number of hydrogen-bond acceptors (Lipinski definition) is 2. The molecule has 4 nitrogen and oxygen atoms in total. The number of nitrogens with one attached hydrogen (secondary N) is 1. The van der Waals surface area contributed by atoms with Crippen molar-refractivity contribution in [3.63, 3.8) is 0 Å². The Kier molecular flexibility index (Phi) is 3.47. The minimum absolute atomic E-state index is 0.0350. The molecule has 1 aliphatic heterocycles. The predicted octanol–water partition coefficient (Wildman–Crippen LogP) is 1.45. The number of aryl methyl sites for hydroxylation is 2. The third-order valence-corrected chi connectivity index (χ3v) is 4.67. The fraction of sp³-hybridized carbons (Fsp3) is 0.529. The molecule has 1 aromatic rings. The standard InChI is InChI=1S/C17H22N2O2/c1-17(2)16(21)18-8-9-19(17)15(20)11-12-6-7-13-4-3-5-14(13)10-12/h6-7,10H,3-5,8-9,11H2,1-2H3,(H,18,21). The lowest BCUT2D eigenvalue weighted by Crippen LogP contribution is -2.63. The van der Waals surface area contributed by atoms with Crippen LogP contribution in [0.25, 0.3) is 0 Å². The Morgan fingerprint density at radius 1 is 1.29 bits per heavy atom. The van der Waals surface area contributed by atoms with Crippen LogP contribution in [0.15, 0.2) is 18.2 Å². The van der Waals surface area contributed by atoms with E-state index < -0.39 is 5.54 Å². The number of hydrogen-bond donors (Lipinski definition) is 1. The molecule has 2 amide bonds. The van der Waals surface area contributed by atoms with Crippen LogP contribution in [0.1, 0.15) is 37.0 Å². The molecule has 1 saturated heterocycles. The molecule has 1 heterocycles. The van der Waals surface area contributed by atoms with Gasteiger partial charge in [0.15, 0.2) is 0 Å². The third kappa shape index (κ3) is 2.55. The van der Waals surface area contributed by atoms with E-state index >= 15 is 0 Å². The Hall–Kier alpha value is -1.84. The summed E-state index contributed by atoms with van der Waals surface area (Å²) in [6.07, 6.45) is 3.87. The van der Waals surface area contributed by atoms with E-state index in [0.29, 0.717) is 19.5 Å². The molecule has 0 unspecified atom stereocenters. The second-order valence-corrected chi connectivity index (χ2v) is 6.49. The molecule has 0 bridgehead atoms. The van der Waals surface area contributed by atoms with Gasteiger partial charge in [-0.2, -0.15) is 0 Å². The first-order valence-electron chi connectivity index (χ1n) is 7.68. The van der Waals surface area contributed by atoms with Crippen LogP contribution in [0.3, 0.4) is 0 Å². The molecule has 1 fully saturated rings. The van der Waals surface area contributed by atoms with Crippen molar-refractivity contribution in [2.75, 3.05) is 13.1 Å². The first-order chi connectivity index (χ1) is 9.98. The fourth-order valence-corrected chi connectivity index (χ4v) is 3.34. The van der Waals surface area contributed by atoms with E-state index in [9.17, 15) is 9.59 Å². The molecule has 1 N–H and O–H groups in total. The second-order valence-electron chi connectivity index (χ2n) is 6.49. The van der Waals surface area contributed by atoms with Crippen LogP contribution in [-0.4, -0.2) is 35.3 Å². The van der Waals surface area contributed by atoms with Gasteiger partial charge >= 0.3 is 0 Å². The molecular weight excluding hydrogens is 264 g/mol. The molecular formula is C17H22N2O2. The summed E-state index contributed by atoms with van der Waals surface area (Å²) in [6.45, 7) is 4.74. The third-order valence-electron chi connectivity index (χ3n) is 4.67. The first-order valence-corrected chi connectivity index (χ1v) is 7.68. The van der Waals surface area contributed by atoms with Gasteiger partial charge in [-0.25, -0.2) is 0 Å². The molecule has 1 aromatic carbocycles. The monoisotopic (exact) mass is 286 g/mol. The Balaban J connectivity index is 1.75. The smallest absolute Gasteiger partial charge is 0.245 e. The minimum Gasteiger partial charge on any atom is -0.352 e. The van der Waals surface area contributed by atoms with E-state index in [4.69, 9.17) is 0 Å². The Morgan fingerprint density at radius 2 is 2.05 bits per heavy atom. The van der Waals surface area contributed by atoms with E-state index in [-0.39, 0.29) is 11.8 Å². The summed E-state index contributed by atoms with van der Waals surface area (Å²) >= 11 is 0. The van der Waals surface area contributed by atoms with Gasteiger partial charge in [0.2, 0.25) is 11.8 Å². The van der Waals surface area contributed by atoms with Crippen LogP contribution in [-0.2, 0) is 28.9 Å². The van der Waals surface area contributed by atoms with Gasteiger partial charge < -0.3 is 10.2 Å². The lowest BCUT2D eigenvalue weighted by atomic mass is 9.97. The quantitative estimate of drug-likeness (QED) is 0.894. The molecule has 2 aliphatic rings. The number of amides is 2. The van der Waals surface area contributed by atoms with E-state index in [1.54, 1.807) is 4.90 Å². The Morgan fingerprint density at radius 3 is 2.86 bits per heavy atom. The molecule has 0 aromatic heterocycles. The van der Waals surface area contributed by atoms with Gasteiger partial charge in [-0.1, -0.05) is 18.2 Å². The van der Waals surface area contributed by atoms with Gasteiger partial charge in [0.1, 0.15) is 5.54 Å². The maximum absolute atomic E-state index is 12.6. The van der Waals surface area contributed by atoms with Gasteiger partial charge in [0.05, 0.1) is 6.42 Å². The summed E-state index contributed by atoms with van der Waals surface area (Å²) in [5, 5.41) is 2.82. The van der Waals surface area contributed by atoms with E-state index in [1.165, 1.54) is 17.5 Å². The van der Waals surface area contributed by atoms with Gasteiger partial charge in [0, 0.05) is 13.1 Å². The predicted molar refractivity (Wildman–Crippen MR) is 81.0 cm³/mol. The molecule has 112 valence electrons. The van der Waals surface area contributed by atoms with Gasteiger partial charge in [0.25, 0.3) is 0 Å². The average molecular weight is 286 g/mol.